The number of hydrogen-bond donors (Lipinski definition) is 1. The molecule has 112 valence electrons. The molecule has 0 aliphatic carbocycles. The highest BCUT2D eigenvalue weighted by Crippen LogP contribution is 2.17. The van der Waals surface area contributed by atoms with Crippen LogP contribution in [0.3, 0.4) is 0 Å². The van der Waals surface area contributed by atoms with Crippen LogP contribution in [-0.2, 0) is 11.3 Å². The Hall–Kier alpha value is -2.57. The zero-order valence-electron chi connectivity index (χ0n) is 12.1. The normalized spacial score (nSPS) is 12.1. The van der Waals surface area contributed by atoms with Crippen LogP contribution in [0.2, 0.25) is 0 Å². The predicted octanol–water partition coefficient (Wildman–Crippen LogP) is 1.70. The zero-order valence-corrected chi connectivity index (χ0v) is 12.1. The average molecular weight is 291 g/mol. The molecule has 7 nitrogen and oxygen atoms in total. The van der Waals surface area contributed by atoms with Crippen LogP contribution in [0, 0.1) is 6.92 Å². The van der Waals surface area contributed by atoms with Crippen LogP contribution in [0.4, 0.5) is 0 Å². The Morgan fingerprint density at radius 3 is 2.76 bits per heavy atom. The lowest BCUT2D eigenvalue weighted by Gasteiger charge is -2.20. The number of hydrogen-bond acceptors (Lipinski definition) is 4. The number of nitrogens with zero attached hydrogens (tertiary/aromatic N) is 3. The first-order chi connectivity index (χ1) is 9.90. The molecule has 0 saturated heterocycles. The van der Waals surface area contributed by atoms with E-state index in [0.717, 1.165) is 0 Å². The van der Waals surface area contributed by atoms with Gasteiger partial charge in [0.1, 0.15) is 23.1 Å². The number of likely N-dealkylation sites (N-methyl/N-ethyl adjacent to an activating group) is 1. The molecule has 0 fully saturated rings. The third-order valence-corrected chi connectivity index (χ3v) is 3.25. The van der Waals surface area contributed by atoms with Gasteiger partial charge in [0.25, 0.3) is 0 Å². The van der Waals surface area contributed by atoms with Gasteiger partial charge >= 0.3 is 5.97 Å². The Balaban J connectivity index is 2.07. The summed E-state index contributed by atoms with van der Waals surface area (Å²) in [7, 11) is 1.64. The lowest BCUT2D eigenvalue weighted by atomic mass is 10.2. The van der Waals surface area contributed by atoms with Crippen LogP contribution >= 0.6 is 0 Å². The Morgan fingerprint density at radius 1 is 1.52 bits per heavy atom. The van der Waals surface area contributed by atoms with Gasteiger partial charge in [0.05, 0.1) is 6.54 Å². The van der Waals surface area contributed by atoms with Crippen LogP contribution < -0.4 is 0 Å². The molecule has 2 rings (SSSR count). The molecule has 0 radical (unpaired) electrons. The van der Waals surface area contributed by atoms with E-state index in [0.29, 0.717) is 11.5 Å². The van der Waals surface area contributed by atoms with Gasteiger partial charge in [-0.3, -0.25) is 9.48 Å². The first-order valence-electron chi connectivity index (χ1n) is 6.47. The maximum absolute atomic E-state index is 12.3. The Bertz CT molecular complexity index is 645. The average Bonchev–Trinajstić information content (AvgIpc) is 3.06. The fourth-order valence-corrected chi connectivity index (χ4v) is 2.09. The molecule has 0 aliphatic rings. The topological polar surface area (TPSA) is 88.6 Å². The third kappa shape index (κ3) is 3.13. The molecule has 0 aromatic carbocycles. The summed E-state index contributed by atoms with van der Waals surface area (Å²) in [6.07, 6.45) is 3.33. The van der Waals surface area contributed by atoms with Crippen molar-refractivity contribution in [3.8, 4) is 0 Å². The Morgan fingerprint density at radius 2 is 2.24 bits per heavy atom. The molecule has 21 heavy (non-hydrogen) atoms. The van der Waals surface area contributed by atoms with E-state index in [1.165, 1.54) is 11.0 Å². The van der Waals surface area contributed by atoms with Crippen molar-refractivity contribution in [3.05, 3.63) is 41.6 Å². The summed E-state index contributed by atoms with van der Waals surface area (Å²) in [5.74, 6) is -0.405. The molecule has 1 amide bonds. The molecular formula is C14H17N3O4. The molecule has 0 aliphatic heterocycles. The highest BCUT2D eigenvalue weighted by atomic mass is 16.4. The molecule has 2 heterocycles. The van der Waals surface area contributed by atoms with Gasteiger partial charge in [-0.1, -0.05) is 0 Å². The monoisotopic (exact) mass is 291 g/mol. The number of aryl methyl sites for hydroxylation is 1. The minimum atomic E-state index is -1.04. The lowest BCUT2D eigenvalue weighted by Crippen LogP contribution is -2.32. The fraction of sp³-hybridized carbons (Fsp3) is 0.357. The van der Waals surface area contributed by atoms with Crippen molar-refractivity contribution >= 4 is 11.9 Å². The van der Waals surface area contributed by atoms with Gasteiger partial charge in [-0.2, -0.15) is 5.10 Å². The van der Waals surface area contributed by atoms with Gasteiger partial charge < -0.3 is 14.4 Å². The first kappa shape index (κ1) is 14.8. The molecule has 1 N–H and O–H groups in total. The SMILES string of the molecule is Cc1oc(CN(C)C(=O)C(C)n2cccn2)cc1C(=O)O. The summed E-state index contributed by atoms with van der Waals surface area (Å²) in [4.78, 5) is 24.7. The predicted molar refractivity (Wildman–Crippen MR) is 73.8 cm³/mol. The summed E-state index contributed by atoms with van der Waals surface area (Å²) < 4.78 is 6.93. The van der Waals surface area contributed by atoms with Gasteiger partial charge in [0.2, 0.25) is 5.91 Å². The van der Waals surface area contributed by atoms with E-state index in [4.69, 9.17) is 9.52 Å². The van der Waals surface area contributed by atoms with Gasteiger partial charge in [-0.25, -0.2) is 4.79 Å². The summed E-state index contributed by atoms with van der Waals surface area (Å²) in [6.45, 7) is 3.54. The largest absolute Gasteiger partial charge is 0.478 e. The molecule has 0 bridgehead atoms. The van der Waals surface area contributed by atoms with E-state index in [1.54, 1.807) is 44.0 Å². The molecule has 2 aromatic rings. The molecule has 1 atom stereocenters. The van der Waals surface area contributed by atoms with Crippen molar-refractivity contribution in [2.24, 2.45) is 0 Å². The van der Waals surface area contributed by atoms with Crippen LogP contribution in [0.25, 0.3) is 0 Å². The molecule has 2 aromatic heterocycles. The van der Waals surface area contributed by atoms with Crippen molar-refractivity contribution in [2.45, 2.75) is 26.4 Å². The van der Waals surface area contributed by atoms with Crippen molar-refractivity contribution in [3.63, 3.8) is 0 Å². The van der Waals surface area contributed by atoms with Crippen molar-refractivity contribution in [2.75, 3.05) is 7.05 Å². The minimum absolute atomic E-state index is 0.117. The zero-order chi connectivity index (χ0) is 15.6. The number of carboxylic acids is 1. The maximum Gasteiger partial charge on any atom is 0.339 e. The summed E-state index contributed by atoms with van der Waals surface area (Å²) in [6, 6.07) is 2.76. The van der Waals surface area contributed by atoms with Crippen molar-refractivity contribution in [1.29, 1.82) is 0 Å². The fourth-order valence-electron chi connectivity index (χ4n) is 2.09. The Kier molecular flexibility index (Phi) is 4.11. The number of carboxylic acid groups (broad SMARTS) is 1. The van der Waals surface area contributed by atoms with Crippen LogP contribution in [-0.4, -0.2) is 38.7 Å². The van der Waals surface area contributed by atoms with Crippen molar-refractivity contribution < 1.29 is 19.1 Å². The first-order valence-corrected chi connectivity index (χ1v) is 6.47. The number of amides is 1. The van der Waals surface area contributed by atoms with Crippen LogP contribution in [0.5, 0.6) is 0 Å². The second kappa shape index (κ2) is 5.82. The van der Waals surface area contributed by atoms with Gasteiger partial charge in [0.15, 0.2) is 0 Å². The summed E-state index contributed by atoms with van der Waals surface area (Å²) in [5.41, 5.74) is 0.117. The second-order valence-electron chi connectivity index (χ2n) is 4.84. The minimum Gasteiger partial charge on any atom is -0.478 e. The van der Waals surface area contributed by atoms with Crippen molar-refractivity contribution in [1.82, 2.24) is 14.7 Å². The number of rotatable bonds is 5. The quantitative estimate of drug-likeness (QED) is 0.905. The van der Waals surface area contributed by atoms with Crippen LogP contribution in [0.15, 0.2) is 28.9 Å². The van der Waals surface area contributed by atoms with E-state index < -0.39 is 12.0 Å². The Labute approximate surface area is 121 Å². The van der Waals surface area contributed by atoms with Crippen LogP contribution in [0.1, 0.15) is 34.8 Å². The summed E-state index contributed by atoms with van der Waals surface area (Å²) in [5, 5.41) is 13.0. The van der Waals surface area contributed by atoms with Gasteiger partial charge in [-0.15, -0.1) is 0 Å². The highest BCUT2D eigenvalue weighted by molar-refractivity contribution is 5.88. The number of furan rings is 1. The number of aromatic nitrogens is 2. The van der Waals surface area contributed by atoms with E-state index >= 15 is 0 Å². The lowest BCUT2D eigenvalue weighted by molar-refractivity contribution is -0.134. The highest BCUT2D eigenvalue weighted by Gasteiger charge is 2.21. The van der Waals surface area contributed by atoms with E-state index in [1.807, 2.05) is 0 Å². The standard InChI is InChI=1S/C14H17N3O4/c1-9(17-6-4-5-15-17)13(18)16(3)8-11-7-12(14(19)20)10(2)21-11/h4-7,9H,8H2,1-3H3,(H,19,20). The second-order valence-corrected chi connectivity index (χ2v) is 4.84. The molecular weight excluding hydrogens is 274 g/mol. The third-order valence-electron chi connectivity index (χ3n) is 3.25. The number of carbonyl (C=O) groups excluding carboxylic acids is 1. The molecule has 1 unspecified atom stereocenters. The number of carbonyl (C=O) groups is 2. The molecule has 0 saturated carbocycles. The smallest absolute Gasteiger partial charge is 0.339 e. The van der Waals surface area contributed by atoms with Gasteiger partial charge in [-0.05, 0) is 26.0 Å². The maximum atomic E-state index is 12.3. The number of aromatic carboxylic acids is 1. The van der Waals surface area contributed by atoms with E-state index in [2.05, 4.69) is 5.10 Å². The summed E-state index contributed by atoms with van der Waals surface area (Å²) >= 11 is 0. The van der Waals surface area contributed by atoms with Gasteiger partial charge in [0, 0.05) is 19.4 Å². The molecule has 0 spiro atoms. The van der Waals surface area contributed by atoms with E-state index in [9.17, 15) is 9.59 Å². The molecule has 7 heteroatoms. The van der Waals surface area contributed by atoms with E-state index in [-0.39, 0.29) is 18.0 Å².